The zero-order valence-electron chi connectivity index (χ0n) is 22.1. The molecule has 1 aromatic rings. The number of ether oxygens (including phenoxy) is 1. The van der Waals surface area contributed by atoms with Crippen molar-refractivity contribution < 1.29 is 33.5 Å². The first-order valence-corrected chi connectivity index (χ1v) is 12.6. The summed E-state index contributed by atoms with van der Waals surface area (Å²) in [4.78, 5) is 74.9. The van der Waals surface area contributed by atoms with Crippen LogP contribution in [0.15, 0.2) is 24.3 Å². The fraction of sp³-hybridized carbons (Fsp3) is 0.556. The zero-order chi connectivity index (χ0) is 27.7. The maximum Gasteiger partial charge on any atom is 0.330 e. The van der Waals surface area contributed by atoms with Crippen molar-refractivity contribution in [1.29, 1.82) is 0 Å². The maximum atomic E-state index is 13.5. The van der Waals surface area contributed by atoms with Gasteiger partial charge in [-0.2, -0.15) is 0 Å². The number of Topliss-reactive ketones (excluding diaryl/α,β-unsaturated/α-hetero) is 2. The number of carbonyl (C=O) groups excluding carboxylic acids is 6. The van der Waals surface area contributed by atoms with Gasteiger partial charge in [0, 0.05) is 24.4 Å². The molecule has 202 valence electrons. The molecule has 3 atom stereocenters. The standard InChI is InChI=1S/C27H37N3O7/c1-16(2)21(18(5)32)13-23(33)22-7-6-12-30(22)27(36)25(17(3)4)29-26(35)19-8-10-20(11-9-19)37-24(34)14-28-15-31/h8-11,15-17,21-22,25H,6-7,12-14H2,1-5H3,(H,28,31)(H,29,35)/t21?,22-,25-/m0/s1. The molecule has 1 aliphatic heterocycles. The molecular weight excluding hydrogens is 478 g/mol. The summed E-state index contributed by atoms with van der Waals surface area (Å²) in [5.74, 6) is -2.01. The van der Waals surface area contributed by atoms with E-state index in [-0.39, 0.29) is 59.5 Å². The van der Waals surface area contributed by atoms with Crippen molar-refractivity contribution in [3.63, 3.8) is 0 Å². The van der Waals surface area contributed by atoms with E-state index in [0.717, 1.165) is 0 Å². The molecule has 0 radical (unpaired) electrons. The Balaban J connectivity index is 2.09. The van der Waals surface area contributed by atoms with E-state index in [9.17, 15) is 28.8 Å². The quantitative estimate of drug-likeness (QED) is 0.232. The van der Waals surface area contributed by atoms with Crippen LogP contribution < -0.4 is 15.4 Å². The van der Waals surface area contributed by atoms with Gasteiger partial charge in [-0.3, -0.25) is 24.0 Å². The van der Waals surface area contributed by atoms with E-state index in [1.807, 2.05) is 27.7 Å². The van der Waals surface area contributed by atoms with Crippen LogP contribution in [0.5, 0.6) is 5.75 Å². The van der Waals surface area contributed by atoms with Gasteiger partial charge in [-0.25, -0.2) is 4.79 Å². The van der Waals surface area contributed by atoms with Crippen molar-refractivity contribution in [2.75, 3.05) is 13.1 Å². The Morgan fingerprint density at radius 2 is 1.70 bits per heavy atom. The van der Waals surface area contributed by atoms with Gasteiger partial charge in [-0.05, 0) is 55.9 Å². The fourth-order valence-electron chi connectivity index (χ4n) is 4.45. The second-order valence-electron chi connectivity index (χ2n) is 10.0. The third kappa shape index (κ3) is 8.23. The molecule has 3 amide bonds. The molecule has 2 N–H and O–H groups in total. The first-order valence-electron chi connectivity index (χ1n) is 12.6. The van der Waals surface area contributed by atoms with Crippen LogP contribution in [0.25, 0.3) is 0 Å². The molecular formula is C27H37N3O7. The lowest BCUT2D eigenvalue weighted by atomic mass is 9.85. The molecule has 10 heteroatoms. The lowest BCUT2D eigenvalue weighted by molar-refractivity contribution is -0.140. The molecule has 1 unspecified atom stereocenters. The Kier molecular flexibility index (Phi) is 11.0. The van der Waals surface area contributed by atoms with Crippen LogP contribution in [-0.4, -0.2) is 65.8 Å². The summed E-state index contributed by atoms with van der Waals surface area (Å²) in [7, 11) is 0. The van der Waals surface area contributed by atoms with Gasteiger partial charge in [0.2, 0.25) is 12.3 Å². The molecule has 1 fully saturated rings. The number of ketones is 2. The summed E-state index contributed by atoms with van der Waals surface area (Å²) in [6.07, 6.45) is 1.70. The highest BCUT2D eigenvalue weighted by Crippen LogP contribution is 2.26. The third-order valence-corrected chi connectivity index (χ3v) is 6.55. The summed E-state index contributed by atoms with van der Waals surface area (Å²) in [6, 6.07) is 4.35. The van der Waals surface area contributed by atoms with E-state index in [1.54, 1.807) is 4.90 Å². The predicted molar refractivity (Wildman–Crippen MR) is 136 cm³/mol. The van der Waals surface area contributed by atoms with Gasteiger partial charge in [-0.1, -0.05) is 27.7 Å². The number of nitrogens with one attached hydrogen (secondary N) is 2. The Labute approximate surface area is 217 Å². The Bertz CT molecular complexity index is 1000. The topological polar surface area (TPSA) is 139 Å². The van der Waals surface area contributed by atoms with Gasteiger partial charge in [-0.15, -0.1) is 0 Å². The smallest absolute Gasteiger partial charge is 0.330 e. The molecule has 0 saturated carbocycles. The van der Waals surface area contributed by atoms with E-state index >= 15 is 0 Å². The average Bonchev–Trinajstić information content (AvgIpc) is 3.34. The number of hydrogen-bond acceptors (Lipinski definition) is 7. The maximum absolute atomic E-state index is 13.5. The number of carbonyl (C=O) groups is 6. The molecule has 10 nitrogen and oxygen atoms in total. The lowest BCUT2D eigenvalue weighted by Crippen LogP contribution is -2.54. The highest BCUT2D eigenvalue weighted by Gasteiger charge is 2.39. The molecule has 37 heavy (non-hydrogen) atoms. The number of nitrogens with zero attached hydrogens (tertiary/aromatic N) is 1. The van der Waals surface area contributed by atoms with E-state index in [1.165, 1.54) is 31.2 Å². The Morgan fingerprint density at radius 3 is 2.24 bits per heavy atom. The highest BCUT2D eigenvalue weighted by atomic mass is 16.5. The molecule has 0 aliphatic carbocycles. The van der Waals surface area contributed by atoms with Crippen molar-refractivity contribution in [3.8, 4) is 5.75 Å². The Hall–Kier alpha value is -3.56. The minimum atomic E-state index is -0.846. The Morgan fingerprint density at radius 1 is 1.05 bits per heavy atom. The second kappa shape index (κ2) is 13.7. The minimum absolute atomic E-state index is 0.0256. The molecule has 0 spiro atoms. The van der Waals surface area contributed by atoms with Gasteiger partial charge < -0.3 is 20.3 Å². The van der Waals surface area contributed by atoms with E-state index in [4.69, 9.17) is 4.74 Å². The minimum Gasteiger partial charge on any atom is -0.425 e. The van der Waals surface area contributed by atoms with E-state index < -0.39 is 24.0 Å². The van der Waals surface area contributed by atoms with E-state index in [2.05, 4.69) is 10.6 Å². The number of esters is 1. The van der Waals surface area contributed by atoms with Crippen LogP contribution in [0.4, 0.5) is 0 Å². The number of hydrogen-bond donors (Lipinski definition) is 2. The number of amides is 3. The first-order chi connectivity index (χ1) is 17.5. The highest BCUT2D eigenvalue weighted by molar-refractivity contribution is 5.99. The first kappa shape index (κ1) is 29.7. The summed E-state index contributed by atoms with van der Waals surface area (Å²) in [6.45, 7) is 9.07. The van der Waals surface area contributed by atoms with Crippen molar-refractivity contribution in [3.05, 3.63) is 29.8 Å². The van der Waals surface area contributed by atoms with Gasteiger partial charge >= 0.3 is 5.97 Å². The number of likely N-dealkylation sites (tertiary alicyclic amines) is 1. The third-order valence-electron chi connectivity index (χ3n) is 6.55. The average molecular weight is 516 g/mol. The van der Waals surface area contributed by atoms with Crippen molar-refractivity contribution in [2.24, 2.45) is 17.8 Å². The normalized spacial score (nSPS) is 16.7. The summed E-state index contributed by atoms with van der Waals surface area (Å²) < 4.78 is 5.06. The molecule has 0 bridgehead atoms. The van der Waals surface area contributed by atoms with Crippen LogP contribution in [0.1, 0.15) is 64.2 Å². The van der Waals surface area contributed by atoms with Crippen LogP contribution in [0.2, 0.25) is 0 Å². The van der Waals surface area contributed by atoms with Gasteiger partial charge in [0.25, 0.3) is 5.91 Å². The fourth-order valence-corrected chi connectivity index (χ4v) is 4.45. The summed E-state index contributed by atoms with van der Waals surface area (Å²) >= 11 is 0. The summed E-state index contributed by atoms with van der Waals surface area (Å²) in [5.41, 5.74) is 0.263. The van der Waals surface area contributed by atoms with Crippen LogP contribution in [-0.2, 0) is 24.0 Å². The lowest BCUT2D eigenvalue weighted by Gasteiger charge is -2.31. The van der Waals surface area contributed by atoms with Crippen LogP contribution >= 0.6 is 0 Å². The molecule has 1 heterocycles. The molecule has 0 aromatic heterocycles. The molecule has 1 aromatic carbocycles. The predicted octanol–water partition coefficient (Wildman–Crippen LogP) is 1.90. The van der Waals surface area contributed by atoms with E-state index in [0.29, 0.717) is 25.8 Å². The monoisotopic (exact) mass is 515 g/mol. The number of benzene rings is 1. The summed E-state index contributed by atoms with van der Waals surface area (Å²) in [5, 5.41) is 4.98. The van der Waals surface area contributed by atoms with Gasteiger partial charge in [0.05, 0.1) is 6.04 Å². The second-order valence-corrected chi connectivity index (χ2v) is 10.0. The van der Waals surface area contributed by atoms with Crippen molar-refractivity contribution >= 4 is 35.8 Å². The van der Waals surface area contributed by atoms with Crippen molar-refractivity contribution in [2.45, 2.75) is 66.0 Å². The number of rotatable bonds is 13. The SMILES string of the molecule is CC(=O)C(CC(=O)[C@@H]1CCCN1C(=O)[C@@H](NC(=O)c1ccc(OC(=O)CNC=O)cc1)C(C)C)C(C)C. The van der Waals surface area contributed by atoms with Crippen molar-refractivity contribution in [1.82, 2.24) is 15.5 Å². The molecule has 2 rings (SSSR count). The van der Waals surface area contributed by atoms with Crippen LogP contribution in [0.3, 0.4) is 0 Å². The molecule has 1 aliphatic rings. The van der Waals surface area contributed by atoms with Crippen LogP contribution in [0, 0.1) is 17.8 Å². The zero-order valence-corrected chi connectivity index (χ0v) is 22.1. The largest absolute Gasteiger partial charge is 0.425 e. The van der Waals surface area contributed by atoms with Gasteiger partial charge in [0.15, 0.2) is 5.78 Å². The van der Waals surface area contributed by atoms with Gasteiger partial charge in [0.1, 0.15) is 24.1 Å². The molecule has 1 saturated heterocycles.